The molecule has 2 aliphatic rings. The van der Waals surface area contributed by atoms with Gasteiger partial charge in [-0.1, -0.05) is 0 Å². The number of carbonyl (C=O) groups is 2. The van der Waals surface area contributed by atoms with E-state index in [1.165, 1.54) is 22.7 Å². The Morgan fingerprint density at radius 1 is 0.750 bits per heavy atom. The van der Waals surface area contributed by atoms with Crippen LogP contribution in [-0.2, 0) is 9.59 Å². The summed E-state index contributed by atoms with van der Waals surface area (Å²) >= 11 is 3.06. The van der Waals surface area contributed by atoms with Crippen LogP contribution in [0.25, 0.3) is 11.4 Å². The number of nitrogens with one attached hydrogen (secondary N) is 2. The Morgan fingerprint density at radius 2 is 1.20 bits per heavy atom. The second-order valence-corrected chi connectivity index (χ2v) is 5.99. The van der Waals surface area contributed by atoms with E-state index >= 15 is 0 Å². The van der Waals surface area contributed by atoms with Gasteiger partial charge in [0.15, 0.2) is 0 Å². The molecule has 0 spiro atoms. The second kappa shape index (κ2) is 4.16. The summed E-state index contributed by atoms with van der Waals surface area (Å²) < 4.78 is 0. The summed E-state index contributed by atoms with van der Waals surface area (Å²) in [6.45, 7) is 0. The minimum atomic E-state index is -0.222. The van der Waals surface area contributed by atoms with Crippen molar-refractivity contribution in [2.75, 3.05) is 0 Å². The zero-order valence-corrected chi connectivity index (χ0v) is 11.7. The van der Waals surface area contributed by atoms with Crippen LogP contribution in [0.4, 0.5) is 0 Å². The van der Waals surface area contributed by atoms with Gasteiger partial charge in [0, 0.05) is 21.9 Å². The van der Waals surface area contributed by atoms with Crippen molar-refractivity contribution in [3.05, 3.63) is 55.9 Å². The fourth-order valence-electron chi connectivity index (χ4n) is 2.43. The maximum atomic E-state index is 12.2. The van der Waals surface area contributed by atoms with Gasteiger partial charge in [-0.15, -0.1) is 0 Å². The lowest BCUT2D eigenvalue weighted by molar-refractivity contribution is -0.117. The van der Waals surface area contributed by atoms with E-state index in [1.54, 1.807) is 0 Å². The number of fused-ring (bicyclic) bond motifs is 1. The van der Waals surface area contributed by atoms with Gasteiger partial charge in [-0.25, -0.2) is 0 Å². The molecule has 2 aromatic heterocycles. The summed E-state index contributed by atoms with van der Waals surface area (Å²) in [6, 6.07) is 3.79. The number of hydrogen-bond donors (Lipinski definition) is 2. The first-order valence-electron chi connectivity index (χ1n) is 5.92. The van der Waals surface area contributed by atoms with Gasteiger partial charge < -0.3 is 10.6 Å². The number of rotatable bonds is 2. The van der Waals surface area contributed by atoms with Crippen molar-refractivity contribution in [3.8, 4) is 0 Å². The van der Waals surface area contributed by atoms with E-state index in [2.05, 4.69) is 10.6 Å². The lowest BCUT2D eigenvalue weighted by atomic mass is 10.0. The quantitative estimate of drug-likeness (QED) is 0.893. The second-order valence-electron chi connectivity index (χ2n) is 4.43. The van der Waals surface area contributed by atoms with Crippen LogP contribution in [0, 0.1) is 0 Å². The first kappa shape index (κ1) is 11.6. The fraction of sp³-hybridized carbons (Fsp3) is 0. The molecule has 0 atom stereocenters. The van der Waals surface area contributed by atoms with E-state index in [-0.39, 0.29) is 11.8 Å². The van der Waals surface area contributed by atoms with E-state index in [1.807, 2.05) is 33.7 Å². The lowest BCUT2D eigenvalue weighted by Gasteiger charge is -2.04. The first-order valence-corrected chi connectivity index (χ1v) is 7.81. The van der Waals surface area contributed by atoms with E-state index in [9.17, 15) is 9.59 Å². The van der Waals surface area contributed by atoms with Gasteiger partial charge in [0.25, 0.3) is 11.8 Å². The Morgan fingerprint density at radius 3 is 1.55 bits per heavy atom. The summed E-state index contributed by atoms with van der Waals surface area (Å²) in [5.74, 6) is -0.443. The smallest absolute Gasteiger partial charge is 0.258 e. The molecule has 4 nitrogen and oxygen atoms in total. The predicted molar refractivity (Wildman–Crippen MR) is 78.8 cm³/mol. The van der Waals surface area contributed by atoms with Crippen LogP contribution in [0.15, 0.2) is 44.8 Å². The number of carbonyl (C=O) groups excluding carboxylic acids is 2. The molecule has 0 unspecified atom stereocenters. The first-order chi connectivity index (χ1) is 9.75. The van der Waals surface area contributed by atoms with Gasteiger partial charge in [-0.05, 0) is 22.9 Å². The molecule has 0 aromatic carbocycles. The maximum Gasteiger partial charge on any atom is 0.258 e. The van der Waals surface area contributed by atoms with E-state index in [4.69, 9.17) is 0 Å². The molecule has 0 bridgehead atoms. The van der Waals surface area contributed by atoms with Crippen LogP contribution in [-0.4, -0.2) is 11.8 Å². The molecular weight excluding hydrogens is 292 g/mol. The molecule has 0 aliphatic carbocycles. The highest BCUT2D eigenvalue weighted by atomic mass is 32.1. The maximum absolute atomic E-state index is 12.2. The number of hydrogen-bond acceptors (Lipinski definition) is 4. The van der Waals surface area contributed by atoms with Crippen LogP contribution in [0.2, 0.25) is 0 Å². The van der Waals surface area contributed by atoms with Crippen LogP contribution in [0.3, 0.4) is 0 Å². The highest BCUT2D eigenvalue weighted by Gasteiger charge is 2.40. The average Bonchev–Trinajstić information content (AvgIpc) is 3.17. The standard InChI is InChI=1S/C14H8N2O2S2/c17-13-9-10(12(16-13)8-2-4-20-6-8)14(18)15-11(9)7-1-3-19-5-7/h1-6H,(H,15,18)(H,16,17). The summed E-state index contributed by atoms with van der Waals surface area (Å²) in [6.07, 6.45) is 0. The Hall–Kier alpha value is -2.18. The molecule has 2 aromatic rings. The molecular formula is C14H8N2O2S2. The predicted octanol–water partition coefficient (Wildman–Crippen LogP) is 2.19. The minimum absolute atomic E-state index is 0.222. The minimum Gasteiger partial charge on any atom is -0.321 e. The molecule has 0 saturated heterocycles. The van der Waals surface area contributed by atoms with Crippen LogP contribution < -0.4 is 10.6 Å². The lowest BCUT2D eigenvalue weighted by Crippen LogP contribution is -2.21. The summed E-state index contributed by atoms with van der Waals surface area (Å²) in [7, 11) is 0. The SMILES string of the molecule is O=C1NC(c2ccsc2)=C2C(=O)NC(c3ccsc3)=C12. The summed E-state index contributed by atoms with van der Waals surface area (Å²) in [5.41, 5.74) is 3.86. The van der Waals surface area contributed by atoms with Gasteiger partial charge in [-0.2, -0.15) is 22.7 Å². The third-order valence-electron chi connectivity index (χ3n) is 3.30. The van der Waals surface area contributed by atoms with Crippen molar-refractivity contribution >= 4 is 45.9 Å². The normalized spacial score (nSPS) is 17.6. The Balaban J connectivity index is 1.95. The van der Waals surface area contributed by atoms with Crippen molar-refractivity contribution in [3.63, 3.8) is 0 Å². The van der Waals surface area contributed by atoms with E-state index in [0.717, 1.165) is 11.1 Å². The van der Waals surface area contributed by atoms with Crippen molar-refractivity contribution in [1.29, 1.82) is 0 Å². The van der Waals surface area contributed by atoms with Gasteiger partial charge in [-0.3, -0.25) is 9.59 Å². The number of amides is 2. The molecule has 20 heavy (non-hydrogen) atoms. The van der Waals surface area contributed by atoms with Crippen LogP contribution in [0.1, 0.15) is 11.1 Å². The molecule has 0 saturated carbocycles. The van der Waals surface area contributed by atoms with Gasteiger partial charge in [0.1, 0.15) is 0 Å². The van der Waals surface area contributed by atoms with Crippen LogP contribution in [0.5, 0.6) is 0 Å². The van der Waals surface area contributed by atoms with E-state index in [0.29, 0.717) is 22.5 Å². The van der Waals surface area contributed by atoms with Crippen molar-refractivity contribution in [1.82, 2.24) is 10.6 Å². The third kappa shape index (κ3) is 1.52. The molecule has 0 fully saturated rings. The van der Waals surface area contributed by atoms with Crippen LogP contribution >= 0.6 is 22.7 Å². The number of thiophene rings is 2. The molecule has 4 heterocycles. The largest absolute Gasteiger partial charge is 0.321 e. The summed E-state index contributed by atoms with van der Waals surface area (Å²) in [4.78, 5) is 24.4. The molecule has 2 amide bonds. The Bertz CT molecular complexity index is 715. The highest BCUT2D eigenvalue weighted by molar-refractivity contribution is 7.08. The zero-order valence-electron chi connectivity index (χ0n) is 10.1. The fourth-order valence-corrected chi connectivity index (χ4v) is 3.72. The topological polar surface area (TPSA) is 58.2 Å². The molecule has 4 rings (SSSR count). The molecule has 6 heteroatoms. The van der Waals surface area contributed by atoms with Crippen molar-refractivity contribution in [2.24, 2.45) is 0 Å². The van der Waals surface area contributed by atoms with Gasteiger partial charge in [0.2, 0.25) is 0 Å². The highest BCUT2D eigenvalue weighted by Crippen LogP contribution is 2.37. The van der Waals surface area contributed by atoms with Crippen molar-refractivity contribution < 1.29 is 9.59 Å². The van der Waals surface area contributed by atoms with E-state index < -0.39 is 0 Å². The molecule has 2 aliphatic heterocycles. The Kier molecular flexibility index (Phi) is 2.42. The third-order valence-corrected chi connectivity index (χ3v) is 4.67. The summed E-state index contributed by atoms with van der Waals surface area (Å²) in [5, 5.41) is 13.3. The Labute approximate surface area is 122 Å². The zero-order chi connectivity index (χ0) is 13.7. The van der Waals surface area contributed by atoms with Gasteiger partial charge >= 0.3 is 0 Å². The van der Waals surface area contributed by atoms with Crippen molar-refractivity contribution in [2.45, 2.75) is 0 Å². The molecule has 2 N–H and O–H groups in total. The van der Waals surface area contributed by atoms with Gasteiger partial charge in [0.05, 0.1) is 22.5 Å². The average molecular weight is 300 g/mol. The monoisotopic (exact) mass is 300 g/mol. The molecule has 0 radical (unpaired) electrons. The molecule has 98 valence electrons.